The maximum absolute atomic E-state index is 12.1. The maximum Gasteiger partial charge on any atom is 0.326 e. The van der Waals surface area contributed by atoms with E-state index in [2.05, 4.69) is 15.6 Å². The van der Waals surface area contributed by atoms with Gasteiger partial charge in [-0.15, -0.1) is 0 Å². The zero-order valence-corrected chi connectivity index (χ0v) is 15.5. The van der Waals surface area contributed by atoms with Crippen LogP contribution in [0.5, 0.6) is 0 Å². The molecule has 0 aliphatic carbocycles. The second-order valence-electron chi connectivity index (χ2n) is 6.98. The molecule has 6 N–H and O–H groups in total. The van der Waals surface area contributed by atoms with Crippen LogP contribution < -0.4 is 16.4 Å². The largest absolute Gasteiger partial charge is 0.480 e. The summed E-state index contributed by atoms with van der Waals surface area (Å²) in [5.74, 6) is -1.89. The summed E-state index contributed by atoms with van der Waals surface area (Å²) >= 11 is 0. The van der Waals surface area contributed by atoms with Gasteiger partial charge in [-0.1, -0.05) is 32.0 Å². The number of hydrogen-bond acceptors (Lipinski definition) is 4. The number of benzene rings is 1. The first kappa shape index (κ1) is 20.4. The van der Waals surface area contributed by atoms with Crippen LogP contribution in [-0.2, 0) is 20.8 Å². The third kappa shape index (κ3) is 5.82. The molecular formula is C19H26N4O4. The number of nitrogens with one attached hydrogen (secondary N) is 3. The third-order valence-corrected chi connectivity index (χ3v) is 4.22. The van der Waals surface area contributed by atoms with Crippen molar-refractivity contribution in [3.05, 3.63) is 36.0 Å². The normalized spacial score (nSPS) is 13.3. The number of aromatic amines is 1. The Labute approximate surface area is 157 Å². The molecule has 0 radical (unpaired) electrons. The lowest BCUT2D eigenvalue weighted by molar-refractivity contribution is -0.141. The number of aromatic nitrogens is 1. The summed E-state index contributed by atoms with van der Waals surface area (Å²) in [4.78, 5) is 38.5. The Balaban J connectivity index is 1.93. The second kappa shape index (κ2) is 9.18. The number of carbonyl (C=O) groups is 3. The van der Waals surface area contributed by atoms with Gasteiger partial charge >= 0.3 is 5.97 Å². The number of H-pyrrole nitrogens is 1. The van der Waals surface area contributed by atoms with E-state index in [0.717, 1.165) is 16.5 Å². The molecule has 8 nitrogen and oxygen atoms in total. The van der Waals surface area contributed by atoms with Gasteiger partial charge in [0.1, 0.15) is 6.04 Å². The molecule has 146 valence electrons. The summed E-state index contributed by atoms with van der Waals surface area (Å²) in [6, 6.07) is 5.73. The molecule has 0 aliphatic rings. The minimum Gasteiger partial charge on any atom is -0.480 e. The summed E-state index contributed by atoms with van der Waals surface area (Å²) in [6.45, 7) is 3.58. The molecule has 8 heteroatoms. The minimum atomic E-state index is -1.14. The summed E-state index contributed by atoms with van der Waals surface area (Å²) in [7, 11) is 0. The van der Waals surface area contributed by atoms with E-state index in [1.807, 2.05) is 38.1 Å². The molecule has 0 spiro atoms. The Morgan fingerprint density at radius 1 is 1.22 bits per heavy atom. The summed E-state index contributed by atoms with van der Waals surface area (Å²) in [5.41, 5.74) is 7.45. The molecule has 2 aromatic rings. The fourth-order valence-electron chi connectivity index (χ4n) is 2.88. The van der Waals surface area contributed by atoms with Gasteiger partial charge in [0.2, 0.25) is 11.8 Å². The first-order chi connectivity index (χ1) is 12.8. The fourth-order valence-corrected chi connectivity index (χ4v) is 2.88. The Kier molecular flexibility index (Phi) is 6.95. The van der Waals surface area contributed by atoms with E-state index in [9.17, 15) is 19.5 Å². The van der Waals surface area contributed by atoms with E-state index in [1.165, 1.54) is 0 Å². The highest BCUT2D eigenvalue weighted by molar-refractivity contribution is 5.90. The van der Waals surface area contributed by atoms with Gasteiger partial charge < -0.3 is 26.5 Å². The van der Waals surface area contributed by atoms with Crippen LogP contribution >= 0.6 is 0 Å². The van der Waals surface area contributed by atoms with Crippen LogP contribution in [0.1, 0.15) is 25.8 Å². The summed E-state index contributed by atoms with van der Waals surface area (Å²) in [5, 5.41) is 15.2. The standard InChI is InChI=1S/C19H26N4O4/c1-11(2)7-14(20)18(25)22-10-17(24)23-16(19(26)27)8-12-9-21-15-6-4-3-5-13(12)15/h3-6,9,11,14,16,21H,7-8,10,20H2,1-2H3,(H,22,25)(H,23,24)(H,26,27)/t14-,16-/m0/s1. The van der Waals surface area contributed by atoms with Gasteiger partial charge in [0.15, 0.2) is 0 Å². The van der Waals surface area contributed by atoms with Gasteiger partial charge in [-0.25, -0.2) is 4.79 Å². The number of fused-ring (bicyclic) bond motifs is 1. The number of rotatable bonds is 9. The van der Waals surface area contributed by atoms with Crippen molar-refractivity contribution < 1.29 is 19.5 Å². The van der Waals surface area contributed by atoms with E-state index in [-0.39, 0.29) is 18.9 Å². The van der Waals surface area contributed by atoms with Gasteiger partial charge in [0, 0.05) is 23.5 Å². The Hall–Kier alpha value is -2.87. The van der Waals surface area contributed by atoms with Gasteiger partial charge in [0.05, 0.1) is 12.6 Å². The van der Waals surface area contributed by atoms with Crippen LogP contribution in [0.25, 0.3) is 10.9 Å². The number of hydrogen-bond donors (Lipinski definition) is 5. The highest BCUT2D eigenvalue weighted by Crippen LogP contribution is 2.19. The first-order valence-corrected chi connectivity index (χ1v) is 8.88. The van der Waals surface area contributed by atoms with Gasteiger partial charge in [-0.05, 0) is 24.0 Å². The predicted molar refractivity (Wildman–Crippen MR) is 102 cm³/mol. The Morgan fingerprint density at radius 3 is 2.59 bits per heavy atom. The van der Waals surface area contributed by atoms with Crippen molar-refractivity contribution >= 4 is 28.7 Å². The smallest absolute Gasteiger partial charge is 0.326 e. The molecule has 2 rings (SSSR count). The minimum absolute atomic E-state index is 0.131. The predicted octanol–water partition coefficient (Wildman–Crippen LogP) is 0.769. The van der Waals surface area contributed by atoms with E-state index in [4.69, 9.17) is 5.73 Å². The third-order valence-electron chi connectivity index (χ3n) is 4.22. The van der Waals surface area contributed by atoms with Crippen molar-refractivity contribution in [2.45, 2.75) is 38.8 Å². The molecule has 1 aromatic heterocycles. The van der Waals surface area contributed by atoms with E-state index in [1.54, 1.807) is 6.20 Å². The van der Waals surface area contributed by atoms with Crippen molar-refractivity contribution in [3.63, 3.8) is 0 Å². The zero-order valence-electron chi connectivity index (χ0n) is 15.5. The highest BCUT2D eigenvalue weighted by atomic mass is 16.4. The van der Waals surface area contributed by atoms with E-state index < -0.39 is 29.9 Å². The van der Waals surface area contributed by atoms with E-state index >= 15 is 0 Å². The summed E-state index contributed by atoms with van der Waals surface area (Å²) in [6.07, 6.45) is 2.37. The average Bonchev–Trinajstić information content (AvgIpc) is 3.01. The van der Waals surface area contributed by atoms with Crippen molar-refractivity contribution in [2.75, 3.05) is 6.54 Å². The molecule has 0 saturated heterocycles. The van der Waals surface area contributed by atoms with Crippen molar-refractivity contribution in [1.82, 2.24) is 15.6 Å². The lowest BCUT2D eigenvalue weighted by atomic mass is 10.0. The molecule has 1 aromatic carbocycles. The van der Waals surface area contributed by atoms with Gasteiger partial charge in [0.25, 0.3) is 0 Å². The number of carboxylic acids is 1. The van der Waals surface area contributed by atoms with Crippen LogP contribution in [0.3, 0.4) is 0 Å². The molecule has 2 atom stereocenters. The highest BCUT2D eigenvalue weighted by Gasteiger charge is 2.22. The molecule has 0 bridgehead atoms. The maximum atomic E-state index is 12.1. The quantitative estimate of drug-likeness (QED) is 0.441. The molecule has 27 heavy (non-hydrogen) atoms. The second-order valence-corrected chi connectivity index (χ2v) is 6.98. The van der Waals surface area contributed by atoms with Gasteiger partial charge in [-0.2, -0.15) is 0 Å². The lowest BCUT2D eigenvalue weighted by Crippen LogP contribution is -2.49. The fraction of sp³-hybridized carbons (Fsp3) is 0.421. The number of aliphatic carboxylic acids is 1. The SMILES string of the molecule is CC(C)C[C@H](N)C(=O)NCC(=O)N[C@@H](Cc1c[nH]c2ccccc12)C(=O)O. The number of nitrogens with two attached hydrogens (primary N) is 1. The monoisotopic (exact) mass is 374 g/mol. The van der Waals surface area contributed by atoms with Crippen molar-refractivity contribution in [1.29, 1.82) is 0 Å². The topological polar surface area (TPSA) is 137 Å². The van der Waals surface area contributed by atoms with Crippen molar-refractivity contribution in [2.24, 2.45) is 11.7 Å². The van der Waals surface area contributed by atoms with Crippen LogP contribution in [0.15, 0.2) is 30.5 Å². The van der Waals surface area contributed by atoms with Crippen LogP contribution in [0, 0.1) is 5.92 Å². The molecule has 0 unspecified atom stereocenters. The Bertz CT molecular complexity index is 815. The van der Waals surface area contributed by atoms with Crippen LogP contribution in [0.2, 0.25) is 0 Å². The van der Waals surface area contributed by atoms with Crippen molar-refractivity contribution in [3.8, 4) is 0 Å². The number of amides is 2. The summed E-state index contributed by atoms with van der Waals surface area (Å²) < 4.78 is 0. The molecule has 0 aliphatic heterocycles. The Morgan fingerprint density at radius 2 is 1.93 bits per heavy atom. The lowest BCUT2D eigenvalue weighted by Gasteiger charge is -2.16. The average molecular weight is 374 g/mol. The first-order valence-electron chi connectivity index (χ1n) is 8.88. The zero-order chi connectivity index (χ0) is 20.0. The van der Waals surface area contributed by atoms with E-state index in [0.29, 0.717) is 6.42 Å². The molecular weight excluding hydrogens is 348 g/mol. The number of para-hydroxylation sites is 1. The molecule has 0 saturated carbocycles. The molecule has 1 heterocycles. The molecule has 2 amide bonds. The van der Waals surface area contributed by atoms with Crippen LogP contribution in [0.4, 0.5) is 0 Å². The van der Waals surface area contributed by atoms with Gasteiger partial charge in [-0.3, -0.25) is 9.59 Å². The molecule has 0 fully saturated rings. The number of carbonyl (C=O) groups excluding carboxylic acids is 2. The number of carboxylic acid groups (broad SMARTS) is 1. The van der Waals surface area contributed by atoms with Crippen LogP contribution in [-0.4, -0.2) is 46.5 Å².